The Hall–Kier alpha value is -1.43. The van der Waals surface area contributed by atoms with Crippen LogP contribution in [0.2, 0.25) is 0 Å². The van der Waals surface area contributed by atoms with Gasteiger partial charge in [-0.05, 0) is 12.5 Å². The van der Waals surface area contributed by atoms with Gasteiger partial charge in [-0.2, -0.15) is 13.2 Å². The molecule has 1 atom stereocenters. The molecule has 24 heavy (non-hydrogen) atoms. The molecule has 1 fully saturated rings. The highest BCUT2D eigenvalue weighted by Crippen LogP contribution is 2.37. The van der Waals surface area contributed by atoms with Crippen LogP contribution in [0.3, 0.4) is 0 Å². The van der Waals surface area contributed by atoms with Gasteiger partial charge in [0.15, 0.2) is 0 Å². The number of sulfonamides is 1. The molecule has 7 nitrogen and oxygen atoms in total. The first kappa shape index (κ1) is 18.9. The second kappa shape index (κ2) is 7.21. The smallest absolute Gasteiger partial charge is 0.395 e. The zero-order valence-electron chi connectivity index (χ0n) is 12.9. The van der Waals surface area contributed by atoms with E-state index in [4.69, 9.17) is 9.84 Å². The summed E-state index contributed by atoms with van der Waals surface area (Å²) in [5, 5.41) is 8.66. The number of pyridine rings is 1. The fourth-order valence-electron chi connectivity index (χ4n) is 2.42. The van der Waals surface area contributed by atoms with Crippen molar-refractivity contribution in [1.82, 2.24) is 9.71 Å². The van der Waals surface area contributed by atoms with Crippen LogP contribution < -0.4 is 9.62 Å². The number of methoxy groups -OCH3 is 1. The molecule has 0 unspecified atom stereocenters. The highest BCUT2D eigenvalue weighted by Gasteiger charge is 2.38. The van der Waals surface area contributed by atoms with Crippen LogP contribution in [-0.2, 0) is 20.9 Å². The molecule has 0 aliphatic carbocycles. The van der Waals surface area contributed by atoms with Crippen LogP contribution in [-0.4, -0.2) is 58.0 Å². The SMILES string of the molecule is CO[C@@H]1CCN(c2ncc(S(=O)(=O)NCCO)cc2C(F)(F)F)C1. The molecule has 0 aromatic carbocycles. The van der Waals surface area contributed by atoms with E-state index >= 15 is 0 Å². The molecule has 0 bridgehead atoms. The van der Waals surface area contributed by atoms with E-state index in [1.165, 1.54) is 12.0 Å². The molecule has 0 radical (unpaired) electrons. The van der Waals surface area contributed by atoms with Crippen molar-refractivity contribution in [3.8, 4) is 0 Å². The van der Waals surface area contributed by atoms with E-state index in [-0.39, 0.29) is 25.0 Å². The summed E-state index contributed by atoms with van der Waals surface area (Å²) in [4.78, 5) is 4.56. The van der Waals surface area contributed by atoms with Gasteiger partial charge >= 0.3 is 6.18 Å². The normalized spacial score (nSPS) is 19.0. The molecular weight excluding hydrogens is 351 g/mol. The Labute approximate surface area is 137 Å². The molecule has 1 aromatic rings. The summed E-state index contributed by atoms with van der Waals surface area (Å²) in [6.45, 7) is -0.180. The van der Waals surface area contributed by atoms with Crippen LogP contribution in [0.15, 0.2) is 17.2 Å². The van der Waals surface area contributed by atoms with E-state index in [1.54, 1.807) is 0 Å². The van der Waals surface area contributed by atoms with Gasteiger partial charge in [-0.3, -0.25) is 0 Å². The minimum absolute atomic E-state index is 0.192. The monoisotopic (exact) mass is 369 g/mol. The van der Waals surface area contributed by atoms with E-state index in [9.17, 15) is 21.6 Å². The summed E-state index contributed by atoms with van der Waals surface area (Å²) in [5.74, 6) is -0.317. The molecule has 11 heteroatoms. The van der Waals surface area contributed by atoms with Crippen LogP contribution in [0.4, 0.5) is 19.0 Å². The standard InChI is InChI=1S/C13H18F3N3O4S/c1-23-9-2-4-19(8-9)12-11(13(14,15)16)6-10(7-17-12)24(21,22)18-3-5-20/h6-7,9,18,20H,2-5,8H2,1H3/t9-/m1/s1. The lowest BCUT2D eigenvalue weighted by Crippen LogP contribution is -2.29. The number of nitrogens with zero attached hydrogens (tertiary/aromatic N) is 2. The fraction of sp³-hybridized carbons (Fsp3) is 0.615. The maximum absolute atomic E-state index is 13.3. The summed E-state index contributed by atoms with van der Waals surface area (Å²) in [6, 6.07) is 0.558. The Bertz CT molecular complexity index is 682. The van der Waals surface area contributed by atoms with Crippen molar-refractivity contribution in [1.29, 1.82) is 0 Å². The number of halogens is 3. The third kappa shape index (κ3) is 4.15. The van der Waals surface area contributed by atoms with Crippen molar-refractivity contribution < 1.29 is 31.4 Å². The van der Waals surface area contributed by atoms with Gasteiger partial charge in [0.1, 0.15) is 10.7 Å². The first-order chi connectivity index (χ1) is 11.2. The van der Waals surface area contributed by atoms with Crippen molar-refractivity contribution >= 4 is 15.8 Å². The third-order valence-electron chi connectivity index (χ3n) is 3.64. The number of aromatic nitrogens is 1. The van der Waals surface area contributed by atoms with Crippen molar-refractivity contribution in [2.45, 2.75) is 23.6 Å². The lowest BCUT2D eigenvalue weighted by molar-refractivity contribution is -0.137. The summed E-state index contributed by atoms with van der Waals surface area (Å²) in [6.07, 6.45) is -3.50. The minimum Gasteiger partial charge on any atom is -0.395 e. The summed E-state index contributed by atoms with van der Waals surface area (Å²) in [7, 11) is -2.70. The highest BCUT2D eigenvalue weighted by atomic mass is 32.2. The Morgan fingerprint density at radius 1 is 1.50 bits per heavy atom. The summed E-state index contributed by atoms with van der Waals surface area (Å²) < 4.78 is 71.0. The number of hydrogen-bond acceptors (Lipinski definition) is 6. The Morgan fingerprint density at radius 3 is 2.75 bits per heavy atom. The summed E-state index contributed by atoms with van der Waals surface area (Å²) >= 11 is 0. The number of hydrogen-bond donors (Lipinski definition) is 2. The molecule has 0 saturated carbocycles. The van der Waals surface area contributed by atoms with E-state index in [0.29, 0.717) is 19.0 Å². The van der Waals surface area contributed by atoms with E-state index in [0.717, 1.165) is 6.20 Å². The van der Waals surface area contributed by atoms with E-state index < -0.39 is 33.3 Å². The van der Waals surface area contributed by atoms with Crippen molar-refractivity contribution in [2.24, 2.45) is 0 Å². The number of anilines is 1. The predicted octanol–water partition coefficient (Wildman–Crippen LogP) is 0.596. The highest BCUT2D eigenvalue weighted by molar-refractivity contribution is 7.89. The number of alkyl halides is 3. The number of aliphatic hydroxyl groups excluding tert-OH is 1. The number of nitrogens with one attached hydrogen (secondary N) is 1. The first-order valence-electron chi connectivity index (χ1n) is 7.14. The molecule has 1 aliphatic heterocycles. The average molecular weight is 369 g/mol. The molecule has 1 saturated heterocycles. The van der Waals surface area contributed by atoms with Gasteiger partial charge in [0.05, 0.1) is 18.3 Å². The molecule has 136 valence electrons. The largest absolute Gasteiger partial charge is 0.420 e. The van der Waals surface area contributed by atoms with Crippen molar-refractivity contribution in [3.63, 3.8) is 0 Å². The predicted molar refractivity (Wildman–Crippen MR) is 79.1 cm³/mol. The maximum Gasteiger partial charge on any atom is 0.420 e. The Kier molecular flexibility index (Phi) is 5.68. The lowest BCUT2D eigenvalue weighted by atomic mass is 10.2. The fourth-order valence-corrected chi connectivity index (χ4v) is 3.41. The zero-order valence-corrected chi connectivity index (χ0v) is 13.7. The van der Waals surface area contributed by atoms with Crippen molar-refractivity contribution in [3.05, 3.63) is 17.8 Å². The molecule has 2 heterocycles. The van der Waals surface area contributed by atoms with Crippen LogP contribution in [0.25, 0.3) is 0 Å². The topological polar surface area (TPSA) is 91.8 Å². The number of ether oxygens (including phenoxy) is 1. The molecular formula is C13H18F3N3O4S. The molecule has 2 rings (SSSR count). The first-order valence-corrected chi connectivity index (χ1v) is 8.63. The van der Waals surface area contributed by atoms with Crippen LogP contribution in [0, 0.1) is 0 Å². The lowest BCUT2D eigenvalue weighted by Gasteiger charge is -2.22. The third-order valence-corrected chi connectivity index (χ3v) is 5.07. The number of aliphatic hydroxyl groups is 1. The Morgan fingerprint density at radius 2 is 2.21 bits per heavy atom. The van der Waals surface area contributed by atoms with Crippen LogP contribution >= 0.6 is 0 Å². The van der Waals surface area contributed by atoms with Gasteiger partial charge in [-0.25, -0.2) is 18.1 Å². The van der Waals surface area contributed by atoms with Crippen LogP contribution in [0.1, 0.15) is 12.0 Å². The van der Waals surface area contributed by atoms with Gasteiger partial charge in [0.2, 0.25) is 10.0 Å². The van der Waals surface area contributed by atoms with Gasteiger partial charge < -0.3 is 14.7 Å². The molecule has 1 aliphatic rings. The van der Waals surface area contributed by atoms with Crippen LogP contribution in [0.5, 0.6) is 0 Å². The van der Waals surface area contributed by atoms with Gasteiger partial charge in [-0.1, -0.05) is 0 Å². The minimum atomic E-state index is -4.75. The average Bonchev–Trinajstić information content (AvgIpc) is 3.00. The Balaban J connectivity index is 2.40. The number of rotatable bonds is 6. The zero-order chi connectivity index (χ0) is 18.0. The van der Waals surface area contributed by atoms with Gasteiger partial charge in [0, 0.05) is 32.9 Å². The van der Waals surface area contributed by atoms with E-state index in [2.05, 4.69) is 4.98 Å². The van der Waals surface area contributed by atoms with Crippen molar-refractivity contribution in [2.75, 3.05) is 38.3 Å². The molecule has 0 amide bonds. The quantitative estimate of drug-likeness (QED) is 0.763. The second-order valence-electron chi connectivity index (χ2n) is 5.25. The summed E-state index contributed by atoms with van der Waals surface area (Å²) in [5.41, 5.74) is -1.12. The molecule has 0 spiro atoms. The van der Waals surface area contributed by atoms with E-state index in [1.807, 2.05) is 4.72 Å². The maximum atomic E-state index is 13.3. The van der Waals surface area contributed by atoms with Gasteiger partial charge in [0.25, 0.3) is 0 Å². The van der Waals surface area contributed by atoms with Gasteiger partial charge in [-0.15, -0.1) is 0 Å². The second-order valence-corrected chi connectivity index (χ2v) is 7.02. The molecule has 2 N–H and O–H groups in total. The molecule has 1 aromatic heterocycles.